The van der Waals surface area contributed by atoms with E-state index in [0.717, 1.165) is 0 Å². The van der Waals surface area contributed by atoms with Gasteiger partial charge in [0.2, 0.25) is 5.91 Å². The third kappa shape index (κ3) is 3.11. The van der Waals surface area contributed by atoms with Gasteiger partial charge in [-0.3, -0.25) is 4.79 Å². The van der Waals surface area contributed by atoms with Crippen molar-refractivity contribution in [3.63, 3.8) is 0 Å². The molecule has 0 rings (SSSR count). The molecule has 0 aromatic rings. The molecule has 0 heterocycles. The summed E-state index contributed by atoms with van der Waals surface area (Å²) in [6, 6.07) is 0. The van der Waals surface area contributed by atoms with Crippen molar-refractivity contribution < 1.29 is 4.79 Å². The zero-order valence-electron chi connectivity index (χ0n) is 6.97. The Morgan fingerprint density at radius 2 is 1.90 bits per heavy atom. The predicted molar refractivity (Wildman–Crippen MR) is 46.0 cm³/mol. The van der Waals surface area contributed by atoms with Crippen LogP contribution in [0.4, 0.5) is 0 Å². The SMILES string of the molecule is CC(C)SC(C)(C)C(N)=O. The van der Waals surface area contributed by atoms with E-state index in [1.807, 2.05) is 13.8 Å². The largest absolute Gasteiger partial charge is 0.368 e. The monoisotopic (exact) mass is 161 g/mol. The van der Waals surface area contributed by atoms with Gasteiger partial charge in [-0.1, -0.05) is 13.8 Å². The molecular formula is C7H15NOS. The Hall–Kier alpha value is -0.180. The van der Waals surface area contributed by atoms with E-state index in [1.54, 1.807) is 11.8 Å². The highest BCUT2D eigenvalue weighted by Crippen LogP contribution is 2.27. The second-order valence-corrected chi connectivity index (χ2v) is 5.24. The fraction of sp³-hybridized carbons (Fsp3) is 0.857. The van der Waals surface area contributed by atoms with Crippen LogP contribution in [0.3, 0.4) is 0 Å². The molecule has 2 N–H and O–H groups in total. The molecule has 0 atom stereocenters. The zero-order chi connectivity index (χ0) is 8.36. The van der Waals surface area contributed by atoms with E-state index >= 15 is 0 Å². The highest BCUT2D eigenvalue weighted by molar-refractivity contribution is 8.01. The highest BCUT2D eigenvalue weighted by Gasteiger charge is 2.26. The lowest BCUT2D eigenvalue weighted by molar-refractivity contribution is -0.119. The van der Waals surface area contributed by atoms with Crippen LogP contribution in [0.25, 0.3) is 0 Å². The van der Waals surface area contributed by atoms with Gasteiger partial charge in [0.05, 0.1) is 4.75 Å². The van der Waals surface area contributed by atoms with E-state index in [0.29, 0.717) is 5.25 Å². The molecule has 3 heteroatoms. The normalized spacial score (nSPS) is 12.1. The standard InChI is InChI=1S/C7H15NOS/c1-5(2)10-7(3,4)6(8)9/h5H,1-4H3,(H2,8,9). The molecule has 0 aliphatic carbocycles. The summed E-state index contributed by atoms with van der Waals surface area (Å²) in [6.07, 6.45) is 0. The number of hydrogen-bond donors (Lipinski definition) is 1. The van der Waals surface area contributed by atoms with Crippen LogP contribution in [0.5, 0.6) is 0 Å². The maximum atomic E-state index is 10.8. The first-order valence-electron chi connectivity index (χ1n) is 3.34. The predicted octanol–water partition coefficient (Wildman–Crippen LogP) is 1.39. The van der Waals surface area contributed by atoms with Crippen molar-refractivity contribution in [3.8, 4) is 0 Å². The second-order valence-electron chi connectivity index (χ2n) is 3.04. The molecular weight excluding hydrogens is 146 g/mol. The molecule has 0 spiro atoms. The topological polar surface area (TPSA) is 43.1 Å². The van der Waals surface area contributed by atoms with E-state index in [-0.39, 0.29) is 5.91 Å². The number of thioether (sulfide) groups is 1. The van der Waals surface area contributed by atoms with Gasteiger partial charge >= 0.3 is 0 Å². The number of carbonyl (C=O) groups is 1. The van der Waals surface area contributed by atoms with Crippen molar-refractivity contribution in [3.05, 3.63) is 0 Å². The summed E-state index contributed by atoms with van der Waals surface area (Å²) in [5, 5.41) is 0.447. The maximum absolute atomic E-state index is 10.8. The molecule has 1 amide bonds. The summed E-state index contributed by atoms with van der Waals surface area (Å²) in [7, 11) is 0. The lowest BCUT2D eigenvalue weighted by Crippen LogP contribution is -2.35. The Morgan fingerprint density at radius 3 is 2.00 bits per heavy atom. The lowest BCUT2D eigenvalue weighted by Gasteiger charge is -2.21. The minimum Gasteiger partial charge on any atom is -0.368 e. The summed E-state index contributed by atoms with van der Waals surface area (Å²) in [5.74, 6) is -0.244. The Balaban J connectivity index is 4.00. The molecule has 0 bridgehead atoms. The van der Waals surface area contributed by atoms with Crippen molar-refractivity contribution in [2.24, 2.45) is 5.73 Å². The average Bonchev–Trinajstić information content (AvgIpc) is 1.60. The molecule has 0 aromatic heterocycles. The third-order valence-electron chi connectivity index (χ3n) is 1.12. The number of carbonyl (C=O) groups excluding carboxylic acids is 1. The summed E-state index contributed by atoms with van der Waals surface area (Å²) >= 11 is 1.59. The van der Waals surface area contributed by atoms with Crippen molar-refractivity contribution >= 4 is 17.7 Å². The van der Waals surface area contributed by atoms with Crippen molar-refractivity contribution in [1.82, 2.24) is 0 Å². The Labute approximate surface area is 66.6 Å². The highest BCUT2D eigenvalue weighted by atomic mass is 32.2. The zero-order valence-corrected chi connectivity index (χ0v) is 7.79. The summed E-state index contributed by atoms with van der Waals surface area (Å²) in [4.78, 5) is 10.8. The number of primary amides is 1. The lowest BCUT2D eigenvalue weighted by atomic mass is 10.2. The molecule has 0 aromatic carbocycles. The Bertz CT molecular complexity index is 132. The van der Waals surface area contributed by atoms with Crippen LogP contribution in [0.1, 0.15) is 27.7 Å². The summed E-state index contributed by atoms with van der Waals surface area (Å²) in [5.41, 5.74) is 5.16. The molecule has 60 valence electrons. The van der Waals surface area contributed by atoms with Crippen molar-refractivity contribution in [2.75, 3.05) is 0 Å². The van der Waals surface area contributed by atoms with Crippen LogP contribution in [-0.2, 0) is 4.79 Å². The van der Waals surface area contributed by atoms with Gasteiger partial charge in [0.1, 0.15) is 0 Å². The number of rotatable bonds is 3. The first kappa shape index (κ1) is 9.82. The molecule has 0 aliphatic heterocycles. The molecule has 0 radical (unpaired) electrons. The first-order valence-corrected chi connectivity index (χ1v) is 4.22. The summed E-state index contributed by atoms with van der Waals surface area (Å²) in [6.45, 7) is 7.80. The van der Waals surface area contributed by atoms with Crippen LogP contribution in [0.2, 0.25) is 0 Å². The van der Waals surface area contributed by atoms with Crippen molar-refractivity contribution in [2.45, 2.75) is 37.7 Å². The van der Waals surface area contributed by atoms with Gasteiger partial charge in [-0.25, -0.2) is 0 Å². The van der Waals surface area contributed by atoms with E-state index in [9.17, 15) is 4.79 Å². The van der Waals surface area contributed by atoms with Crippen LogP contribution < -0.4 is 5.73 Å². The minimum atomic E-state index is -0.422. The van der Waals surface area contributed by atoms with Crippen LogP contribution in [0, 0.1) is 0 Å². The fourth-order valence-electron chi connectivity index (χ4n) is 0.647. The van der Waals surface area contributed by atoms with Gasteiger partial charge in [0.15, 0.2) is 0 Å². The van der Waals surface area contributed by atoms with Crippen LogP contribution >= 0.6 is 11.8 Å². The molecule has 0 saturated heterocycles. The Kier molecular flexibility index (Phi) is 3.22. The maximum Gasteiger partial charge on any atom is 0.233 e. The number of nitrogens with two attached hydrogens (primary N) is 1. The number of hydrogen-bond acceptors (Lipinski definition) is 2. The first-order chi connectivity index (χ1) is 4.36. The van der Waals surface area contributed by atoms with E-state index < -0.39 is 4.75 Å². The van der Waals surface area contributed by atoms with Gasteiger partial charge in [-0.2, -0.15) is 0 Å². The van der Waals surface area contributed by atoms with Gasteiger partial charge < -0.3 is 5.73 Å². The molecule has 0 fully saturated rings. The van der Waals surface area contributed by atoms with E-state index in [1.165, 1.54) is 0 Å². The molecule has 2 nitrogen and oxygen atoms in total. The minimum absolute atomic E-state index is 0.244. The van der Waals surface area contributed by atoms with Crippen LogP contribution in [0.15, 0.2) is 0 Å². The molecule has 0 aliphatic rings. The van der Waals surface area contributed by atoms with E-state index in [2.05, 4.69) is 13.8 Å². The van der Waals surface area contributed by atoms with Gasteiger partial charge in [0, 0.05) is 5.25 Å². The smallest absolute Gasteiger partial charge is 0.233 e. The van der Waals surface area contributed by atoms with Gasteiger partial charge in [-0.15, -0.1) is 11.8 Å². The van der Waals surface area contributed by atoms with Gasteiger partial charge in [-0.05, 0) is 13.8 Å². The summed E-state index contributed by atoms with van der Waals surface area (Å²) < 4.78 is -0.422. The molecule has 0 unspecified atom stereocenters. The Morgan fingerprint density at radius 1 is 1.50 bits per heavy atom. The van der Waals surface area contributed by atoms with Crippen molar-refractivity contribution in [1.29, 1.82) is 0 Å². The van der Waals surface area contributed by atoms with E-state index in [4.69, 9.17) is 5.73 Å². The number of amides is 1. The average molecular weight is 161 g/mol. The second kappa shape index (κ2) is 3.28. The van der Waals surface area contributed by atoms with Gasteiger partial charge in [0.25, 0.3) is 0 Å². The third-order valence-corrected chi connectivity index (χ3v) is 2.39. The quantitative estimate of drug-likeness (QED) is 0.679. The molecule has 0 saturated carbocycles. The fourth-order valence-corrected chi connectivity index (χ4v) is 1.94. The van der Waals surface area contributed by atoms with Crippen LogP contribution in [-0.4, -0.2) is 15.9 Å². The molecule has 10 heavy (non-hydrogen) atoms.